The molecule has 2 heterocycles. The summed E-state index contributed by atoms with van der Waals surface area (Å²) in [7, 11) is -3.29. The first-order valence-electron chi connectivity index (χ1n) is 11.5. The van der Waals surface area contributed by atoms with Crippen LogP contribution in [0, 0.1) is 17.6 Å². The van der Waals surface area contributed by atoms with E-state index in [0.717, 1.165) is 19.2 Å². The number of aliphatic hydroxyl groups excluding tert-OH is 2. The monoisotopic (exact) mass is 493 g/mol. The van der Waals surface area contributed by atoms with Gasteiger partial charge in [-0.3, -0.25) is 9.78 Å². The predicted octanol–water partition coefficient (Wildman–Crippen LogP) is 3.47. The third-order valence-corrected chi connectivity index (χ3v) is 6.04. The Bertz CT molecular complexity index is 1150. The molecule has 1 aliphatic heterocycles. The van der Waals surface area contributed by atoms with Gasteiger partial charge in [0, 0.05) is 17.4 Å². The van der Waals surface area contributed by atoms with Crippen LogP contribution in [0.25, 0.3) is 0 Å². The summed E-state index contributed by atoms with van der Waals surface area (Å²) in [6.07, 6.45) is -7.19. The number of aromatic nitrogens is 1. The molecule has 7 nitrogen and oxygen atoms in total. The lowest BCUT2D eigenvalue weighted by atomic mass is 9.77. The number of benzene rings is 1. The van der Waals surface area contributed by atoms with E-state index in [2.05, 4.69) is 15.0 Å². The molecule has 0 spiro atoms. The van der Waals surface area contributed by atoms with Gasteiger partial charge in [-0.05, 0) is 25.1 Å². The van der Waals surface area contributed by atoms with Crippen LogP contribution in [0.15, 0.2) is 30.5 Å². The Morgan fingerprint density at radius 3 is 2.62 bits per heavy atom. The van der Waals surface area contributed by atoms with Gasteiger partial charge in [0.15, 0.2) is 17.2 Å². The molecule has 186 valence electrons. The molecule has 0 bridgehead atoms. The lowest BCUT2D eigenvalue weighted by molar-refractivity contribution is -0.272. The molecule has 1 fully saturated rings. The highest BCUT2D eigenvalue weighted by Gasteiger charge is 2.65. The third kappa shape index (κ3) is 4.44. The summed E-state index contributed by atoms with van der Waals surface area (Å²) < 4.78 is 102. The molecular weight excluding hydrogens is 467 g/mol. The van der Waals surface area contributed by atoms with Crippen molar-refractivity contribution < 1.29 is 50.5 Å². The Morgan fingerprint density at radius 1 is 1.35 bits per heavy atom. The number of halogens is 5. The number of pyridine rings is 1. The average molecular weight is 493 g/mol. The lowest BCUT2D eigenvalue weighted by Gasteiger charge is -2.32. The Labute approximate surface area is 195 Å². The van der Waals surface area contributed by atoms with Gasteiger partial charge in [-0.15, -0.1) is 0 Å². The molecular formula is C22H23F5N2O5. The van der Waals surface area contributed by atoms with Crippen LogP contribution in [0.5, 0.6) is 5.75 Å². The second-order valence-electron chi connectivity index (χ2n) is 8.00. The molecule has 0 saturated carbocycles. The first-order valence-corrected chi connectivity index (χ1v) is 9.97. The zero-order valence-corrected chi connectivity index (χ0v) is 17.9. The standard InChI is InChI=1S/C22H23F5N2O5/c1-10-16(12-5-6-13(23)17(24)18(12)33-3)19(34-21(10,2)22(25,26)27)20(32)29-11-4-7-14(28-8-11)15(31)9-30/h4-8,10,15-16,19,30-31H,9H2,1-3H3,(H,29,32)/t10-,15-,16-,19+,21+/m0/s1/i3D3. The summed E-state index contributed by atoms with van der Waals surface area (Å²) in [5.74, 6) is -8.75. The van der Waals surface area contributed by atoms with Crippen LogP contribution < -0.4 is 10.1 Å². The highest BCUT2D eigenvalue weighted by Crippen LogP contribution is 2.55. The van der Waals surface area contributed by atoms with Gasteiger partial charge in [-0.1, -0.05) is 13.0 Å². The molecule has 0 aliphatic carbocycles. The number of ether oxygens (including phenoxy) is 2. The Morgan fingerprint density at radius 2 is 2.06 bits per heavy atom. The maximum absolute atomic E-state index is 14.6. The van der Waals surface area contributed by atoms with E-state index in [1.807, 2.05) is 0 Å². The summed E-state index contributed by atoms with van der Waals surface area (Å²) >= 11 is 0. The molecule has 1 amide bonds. The largest absolute Gasteiger partial charge is 0.493 e. The van der Waals surface area contributed by atoms with E-state index < -0.39 is 78.3 Å². The van der Waals surface area contributed by atoms with Crippen molar-refractivity contribution in [2.45, 2.75) is 43.8 Å². The van der Waals surface area contributed by atoms with Crippen LogP contribution in [-0.2, 0) is 9.53 Å². The topological polar surface area (TPSA) is 101 Å². The predicted molar refractivity (Wildman–Crippen MR) is 109 cm³/mol. The number of anilines is 1. The molecule has 0 radical (unpaired) electrons. The molecule has 1 aromatic heterocycles. The summed E-state index contributed by atoms with van der Waals surface area (Å²) in [5, 5.41) is 20.9. The van der Waals surface area contributed by atoms with Crippen LogP contribution in [0.4, 0.5) is 27.6 Å². The van der Waals surface area contributed by atoms with Crippen LogP contribution >= 0.6 is 0 Å². The highest BCUT2D eigenvalue weighted by atomic mass is 19.4. The number of methoxy groups -OCH3 is 1. The molecule has 5 atom stereocenters. The third-order valence-electron chi connectivity index (χ3n) is 6.04. The van der Waals surface area contributed by atoms with Gasteiger partial charge in [0.2, 0.25) is 5.82 Å². The molecule has 1 aliphatic rings. The Hall–Kier alpha value is -2.83. The van der Waals surface area contributed by atoms with Crippen LogP contribution in [-0.4, -0.2) is 52.6 Å². The first-order chi connectivity index (χ1) is 17.0. The maximum Gasteiger partial charge on any atom is 0.417 e. The number of hydrogen-bond donors (Lipinski definition) is 3. The van der Waals surface area contributed by atoms with Gasteiger partial charge >= 0.3 is 6.18 Å². The Kier molecular flexibility index (Phi) is 6.02. The number of hydrogen-bond acceptors (Lipinski definition) is 6. The summed E-state index contributed by atoms with van der Waals surface area (Å²) in [5.41, 5.74) is -3.40. The number of amides is 1. The van der Waals surface area contributed by atoms with Crippen molar-refractivity contribution in [2.75, 3.05) is 19.0 Å². The van der Waals surface area contributed by atoms with Gasteiger partial charge < -0.3 is 25.0 Å². The van der Waals surface area contributed by atoms with E-state index in [9.17, 15) is 31.9 Å². The Balaban J connectivity index is 2.07. The smallest absolute Gasteiger partial charge is 0.417 e. The van der Waals surface area contributed by atoms with E-state index in [4.69, 9.17) is 14.0 Å². The van der Waals surface area contributed by atoms with E-state index in [-0.39, 0.29) is 11.4 Å². The van der Waals surface area contributed by atoms with Crippen LogP contribution in [0.2, 0.25) is 0 Å². The number of nitrogens with one attached hydrogen (secondary N) is 1. The van der Waals surface area contributed by atoms with Crippen LogP contribution in [0.3, 0.4) is 0 Å². The quantitative estimate of drug-likeness (QED) is 0.533. The minimum absolute atomic E-state index is 0.0150. The summed E-state index contributed by atoms with van der Waals surface area (Å²) in [4.78, 5) is 17.0. The zero-order chi connectivity index (χ0) is 27.9. The van der Waals surface area contributed by atoms with Crippen LogP contribution in [0.1, 0.15) is 41.2 Å². The molecule has 1 aromatic carbocycles. The van der Waals surface area contributed by atoms with Crippen molar-refractivity contribution in [3.05, 3.63) is 53.4 Å². The molecule has 3 N–H and O–H groups in total. The molecule has 34 heavy (non-hydrogen) atoms. The molecule has 2 aromatic rings. The lowest BCUT2D eigenvalue weighted by Crippen LogP contribution is -2.47. The fourth-order valence-electron chi connectivity index (χ4n) is 3.92. The maximum atomic E-state index is 14.6. The minimum Gasteiger partial charge on any atom is -0.493 e. The van der Waals surface area contributed by atoms with Gasteiger partial charge in [-0.25, -0.2) is 4.39 Å². The average Bonchev–Trinajstić information content (AvgIpc) is 3.08. The second-order valence-corrected chi connectivity index (χ2v) is 8.00. The SMILES string of the molecule is [2H]C([2H])([2H])Oc1c([C@H]2[C@H](C(=O)Nc3ccc([C@@H](O)CO)nc3)O[C@@](C)(C(F)(F)F)[C@H]2C)ccc(F)c1F. The van der Waals surface area contributed by atoms with E-state index in [1.54, 1.807) is 0 Å². The number of carbonyl (C=O) groups is 1. The van der Waals surface area contributed by atoms with Gasteiger partial charge in [0.1, 0.15) is 12.2 Å². The summed E-state index contributed by atoms with van der Waals surface area (Å²) in [6.45, 7) is 1.15. The fraction of sp³-hybridized carbons (Fsp3) is 0.455. The van der Waals surface area contributed by atoms with Crippen molar-refractivity contribution in [3.8, 4) is 5.75 Å². The normalized spacial score (nSPS) is 27.4. The molecule has 12 heteroatoms. The zero-order valence-electron chi connectivity index (χ0n) is 20.9. The molecule has 0 unspecified atom stereocenters. The first kappa shape index (κ1) is 21.7. The minimum atomic E-state index is -5.01. The van der Waals surface area contributed by atoms with E-state index >= 15 is 0 Å². The van der Waals surface area contributed by atoms with Gasteiger partial charge in [0.05, 0.1) is 35.3 Å². The number of alkyl halides is 3. The second kappa shape index (κ2) is 9.43. The van der Waals surface area contributed by atoms with Crippen molar-refractivity contribution in [1.29, 1.82) is 0 Å². The van der Waals surface area contributed by atoms with Crippen molar-refractivity contribution in [1.82, 2.24) is 4.98 Å². The number of aliphatic hydroxyl groups is 2. The van der Waals surface area contributed by atoms with E-state index in [1.165, 1.54) is 12.1 Å². The number of rotatable bonds is 6. The summed E-state index contributed by atoms with van der Waals surface area (Å²) in [6, 6.07) is 3.94. The number of carbonyl (C=O) groups excluding carboxylic acids is 1. The molecule has 3 rings (SSSR count). The molecule has 1 saturated heterocycles. The van der Waals surface area contributed by atoms with Gasteiger partial charge in [0.25, 0.3) is 5.91 Å². The van der Waals surface area contributed by atoms with Crippen molar-refractivity contribution in [2.24, 2.45) is 5.92 Å². The highest BCUT2D eigenvalue weighted by molar-refractivity contribution is 5.95. The van der Waals surface area contributed by atoms with Crippen molar-refractivity contribution in [3.63, 3.8) is 0 Å². The van der Waals surface area contributed by atoms with Gasteiger partial charge in [-0.2, -0.15) is 17.6 Å². The fourth-order valence-corrected chi connectivity index (χ4v) is 3.92. The number of nitrogens with zero attached hydrogens (tertiary/aromatic N) is 1. The van der Waals surface area contributed by atoms with E-state index in [0.29, 0.717) is 13.0 Å². The van der Waals surface area contributed by atoms with Crippen molar-refractivity contribution >= 4 is 11.6 Å².